The van der Waals surface area contributed by atoms with Crippen molar-refractivity contribution in [2.75, 3.05) is 33.5 Å². The first-order chi connectivity index (χ1) is 16.0. The lowest BCUT2D eigenvalue weighted by Gasteiger charge is -2.34. The maximum atomic E-state index is 13.3. The Morgan fingerprint density at radius 3 is 2.82 bits per heavy atom. The van der Waals surface area contributed by atoms with Crippen molar-refractivity contribution in [3.63, 3.8) is 0 Å². The first kappa shape index (κ1) is 23.3. The van der Waals surface area contributed by atoms with Gasteiger partial charge in [0.1, 0.15) is 13.2 Å². The lowest BCUT2D eigenvalue weighted by molar-refractivity contribution is -0.142. The van der Waals surface area contributed by atoms with Gasteiger partial charge in [-0.25, -0.2) is 4.79 Å². The highest BCUT2D eigenvalue weighted by molar-refractivity contribution is 6.03. The number of hydrogen-bond donors (Lipinski definition) is 2. The van der Waals surface area contributed by atoms with E-state index in [0.29, 0.717) is 41.4 Å². The van der Waals surface area contributed by atoms with Crippen molar-refractivity contribution in [3.05, 3.63) is 46.3 Å². The van der Waals surface area contributed by atoms with Crippen LogP contribution in [0.3, 0.4) is 0 Å². The normalized spacial score (nSPS) is 22.7. The minimum atomic E-state index is -0.563. The van der Waals surface area contributed by atoms with Gasteiger partial charge in [0.15, 0.2) is 17.3 Å². The Kier molecular flexibility index (Phi) is 7.35. The van der Waals surface area contributed by atoms with Crippen molar-refractivity contribution >= 4 is 11.8 Å². The Morgan fingerprint density at radius 2 is 2.09 bits per heavy atom. The summed E-state index contributed by atoms with van der Waals surface area (Å²) in [7, 11) is 1.53. The van der Waals surface area contributed by atoms with E-state index in [-0.39, 0.29) is 31.7 Å². The molecule has 2 atom stereocenters. The van der Waals surface area contributed by atoms with Crippen LogP contribution in [0.15, 0.2) is 40.7 Å². The predicted octanol–water partition coefficient (Wildman–Crippen LogP) is 2.76. The van der Waals surface area contributed by atoms with Gasteiger partial charge in [0.05, 0.1) is 25.4 Å². The molecule has 8 heteroatoms. The van der Waals surface area contributed by atoms with Gasteiger partial charge in [0.25, 0.3) is 0 Å². The van der Waals surface area contributed by atoms with Gasteiger partial charge < -0.3 is 29.4 Å². The van der Waals surface area contributed by atoms with E-state index >= 15 is 0 Å². The number of carbonyl (C=O) groups excluding carboxylic acids is 2. The summed E-state index contributed by atoms with van der Waals surface area (Å²) >= 11 is 0. The molecule has 0 aromatic heterocycles. The summed E-state index contributed by atoms with van der Waals surface area (Å²) in [5.41, 5.74) is 3.33. The van der Waals surface area contributed by atoms with E-state index in [1.807, 2.05) is 13.0 Å². The number of benzene rings is 1. The lowest BCUT2D eigenvalue weighted by Crippen LogP contribution is -2.35. The summed E-state index contributed by atoms with van der Waals surface area (Å²) in [6.07, 6.45) is 3.72. The van der Waals surface area contributed by atoms with Gasteiger partial charge in [-0.1, -0.05) is 6.07 Å². The third kappa shape index (κ3) is 4.91. The SMILES string of the molecule is COc1cc([C@H]2C(C(=O)OC[C@@H]3CCCO3)=C(C)NC3=C2C(=O)CCC3)ccc1OCCO. The summed E-state index contributed by atoms with van der Waals surface area (Å²) in [5, 5.41) is 12.4. The average Bonchev–Trinajstić information content (AvgIpc) is 3.34. The lowest BCUT2D eigenvalue weighted by atomic mass is 9.75. The Labute approximate surface area is 193 Å². The van der Waals surface area contributed by atoms with Gasteiger partial charge >= 0.3 is 5.97 Å². The van der Waals surface area contributed by atoms with Crippen molar-refractivity contribution in [3.8, 4) is 11.5 Å². The minimum absolute atomic E-state index is 0.0326. The zero-order valence-electron chi connectivity index (χ0n) is 19.1. The standard InChI is InChI=1S/C25H31NO7/c1-15-22(25(29)33-14-17-5-4-11-31-17)23(24-18(26-15)6-3-7-19(24)28)16-8-9-20(32-12-10-27)21(13-16)30-2/h8-9,13,17,23,26-27H,3-7,10-12,14H2,1-2H3/t17-,23-/m0/s1. The number of methoxy groups -OCH3 is 1. The number of ether oxygens (including phenoxy) is 4. The molecular formula is C25H31NO7. The molecule has 4 rings (SSSR count). The number of allylic oxidation sites excluding steroid dienone is 3. The van der Waals surface area contributed by atoms with Crippen molar-refractivity contribution in [2.45, 2.75) is 51.0 Å². The Morgan fingerprint density at radius 1 is 1.24 bits per heavy atom. The molecule has 1 aliphatic carbocycles. The highest BCUT2D eigenvalue weighted by Crippen LogP contribution is 2.44. The van der Waals surface area contributed by atoms with Crippen molar-refractivity contribution < 1.29 is 33.6 Å². The van der Waals surface area contributed by atoms with Crippen LogP contribution >= 0.6 is 0 Å². The van der Waals surface area contributed by atoms with E-state index in [1.54, 1.807) is 12.1 Å². The minimum Gasteiger partial charge on any atom is -0.493 e. The van der Waals surface area contributed by atoms with Crippen LogP contribution < -0.4 is 14.8 Å². The number of carbonyl (C=O) groups is 2. The molecule has 1 fully saturated rings. The quantitative estimate of drug-likeness (QED) is 0.575. The maximum Gasteiger partial charge on any atom is 0.336 e. The second-order valence-corrected chi connectivity index (χ2v) is 8.48. The number of aliphatic hydroxyl groups excluding tert-OH is 1. The molecule has 1 saturated heterocycles. The van der Waals surface area contributed by atoms with Crippen LogP contribution in [0.25, 0.3) is 0 Å². The first-order valence-electron chi connectivity index (χ1n) is 11.5. The molecule has 178 valence electrons. The van der Waals surface area contributed by atoms with Gasteiger partial charge in [-0.05, 0) is 50.3 Å². The molecule has 2 aliphatic heterocycles. The van der Waals surface area contributed by atoms with Crippen LogP contribution in [-0.4, -0.2) is 56.5 Å². The summed E-state index contributed by atoms with van der Waals surface area (Å²) in [6, 6.07) is 5.36. The fourth-order valence-corrected chi connectivity index (χ4v) is 4.75. The zero-order chi connectivity index (χ0) is 23.4. The van der Waals surface area contributed by atoms with Gasteiger partial charge in [-0.2, -0.15) is 0 Å². The molecule has 0 saturated carbocycles. The van der Waals surface area contributed by atoms with E-state index in [2.05, 4.69) is 5.32 Å². The molecule has 33 heavy (non-hydrogen) atoms. The van der Waals surface area contributed by atoms with Gasteiger partial charge in [-0.3, -0.25) is 4.79 Å². The molecule has 0 radical (unpaired) electrons. The van der Waals surface area contributed by atoms with Gasteiger partial charge in [-0.15, -0.1) is 0 Å². The molecule has 1 aromatic carbocycles. The first-order valence-corrected chi connectivity index (χ1v) is 11.5. The summed E-state index contributed by atoms with van der Waals surface area (Å²) in [6.45, 7) is 2.74. The number of esters is 1. The molecule has 0 spiro atoms. The third-order valence-corrected chi connectivity index (χ3v) is 6.29. The molecule has 0 bridgehead atoms. The van der Waals surface area contributed by atoms with Crippen LogP contribution in [0.4, 0.5) is 0 Å². The largest absolute Gasteiger partial charge is 0.493 e. The second kappa shape index (κ2) is 10.4. The van der Waals surface area contributed by atoms with Crippen LogP contribution in [0.2, 0.25) is 0 Å². The smallest absolute Gasteiger partial charge is 0.336 e. The fourth-order valence-electron chi connectivity index (χ4n) is 4.75. The van der Waals surface area contributed by atoms with Crippen LogP contribution in [-0.2, 0) is 19.1 Å². The Hall–Kier alpha value is -2.84. The molecule has 2 heterocycles. The van der Waals surface area contributed by atoms with Crippen LogP contribution in [0.5, 0.6) is 11.5 Å². The number of aliphatic hydroxyl groups is 1. The summed E-state index contributed by atoms with van der Waals surface area (Å²) in [5.74, 6) is -0.0340. The molecule has 3 aliphatic rings. The second-order valence-electron chi connectivity index (χ2n) is 8.48. The number of Topliss-reactive ketones (excluding diaryl/α,β-unsaturated/α-hetero) is 1. The van der Waals surface area contributed by atoms with Crippen molar-refractivity contribution in [1.29, 1.82) is 0 Å². The van der Waals surface area contributed by atoms with Gasteiger partial charge in [0, 0.05) is 35.9 Å². The Balaban J connectivity index is 1.70. The number of rotatable bonds is 8. The van der Waals surface area contributed by atoms with Gasteiger partial charge in [0.2, 0.25) is 0 Å². The van der Waals surface area contributed by atoms with E-state index in [4.69, 9.17) is 24.1 Å². The number of hydrogen-bond acceptors (Lipinski definition) is 8. The maximum absolute atomic E-state index is 13.3. The molecule has 0 unspecified atom stereocenters. The topological polar surface area (TPSA) is 103 Å². The highest BCUT2D eigenvalue weighted by Gasteiger charge is 2.39. The molecular weight excluding hydrogens is 426 g/mol. The summed E-state index contributed by atoms with van der Waals surface area (Å²) in [4.78, 5) is 26.3. The number of dihydropyridines is 1. The predicted molar refractivity (Wildman–Crippen MR) is 120 cm³/mol. The molecule has 0 amide bonds. The fraction of sp³-hybridized carbons (Fsp3) is 0.520. The highest BCUT2D eigenvalue weighted by atomic mass is 16.6. The Bertz CT molecular complexity index is 975. The van der Waals surface area contributed by atoms with Crippen LogP contribution in [0.1, 0.15) is 50.5 Å². The number of nitrogens with one attached hydrogen (secondary N) is 1. The molecule has 8 nitrogen and oxygen atoms in total. The van der Waals surface area contributed by atoms with Crippen molar-refractivity contribution in [2.24, 2.45) is 0 Å². The monoisotopic (exact) mass is 457 g/mol. The van der Waals surface area contributed by atoms with Crippen molar-refractivity contribution in [1.82, 2.24) is 5.32 Å². The number of ketones is 1. The molecule has 2 N–H and O–H groups in total. The van der Waals surface area contributed by atoms with E-state index < -0.39 is 11.9 Å². The summed E-state index contributed by atoms with van der Waals surface area (Å²) < 4.78 is 22.3. The zero-order valence-corrected chi connectivity index (χ0v) is 19.1. The van der Waals surface area contributed by atoms with Crippen LogP contribution in [0, 0.1) is 0 Å². The molecule has 1 aromatic rings. The van der Waals surface area contributed by atoms with E-state index in [1.165, 1.54) is 7.11 Å². The average molecular weight is 458 g/mol. The van der Waals surface area contributed by atoms with E-state index in [0.717, 1.165) is 36.9 Å². The van der Waals surface area contributed by atoms with E-state index in [9.17, 15) is 9.59 Å². The third-order valence-electron chi connectivity index (χ3n) is 6.29.